The first-order chi connectivity index (χ1) is 12.6. The van der Waals surface area contributed by atoms with E-state index in [2.05, 4.69) is 19.2 Å². The molecule has 3 rings (SSSR count). The fourth-order valence-electron chi connectivity index (χ4n) is 2.79. The number of aryl methyl sites for hydroxylation is 1. The summed E-state index contributed by atoms with van der Waals surface area (Å²) in [6.45, 7) is 4.24. The first-order valence-electron chi connectivity index (χ1n) is 8.65. The van der Waals surface area contributed by atoms with Gasteiger partial charge in [-0.2, -0.15) is 11.3 Å². The number of rotatable bonds is 7. The van der Waals surface area contributed by atoms with Crippen LogP contribution in [0, 0.1) is 0 Å². The van der Waals surface area contributed by atoms with Gasteiger partial charge in [-0.05, 0) is 48.6 Å². The second kappa shape index (κ2) is 8.10. The smallest absolute Gasteiger partial charge is 0.335 e. The molecule has 2 aromatic heterocycles. The van der Waals surface area contributed by atoms with Gasteiger partial charge in [0.1, 0.15) is 5.82 Å². The lowest BCUT2D eigenvalue weighted by atomic mass is 10.1. The van der Waals surface area contributed by atoms with Crippen LogP contribution in [0.3, 0.4) is 0 Å². The van der Waals surface area contributed by atoms with Crippen molar-refractivity contribution in [2.45, 2.75) is 33.1 Å². The van der Waals surface area contributed by atoms with Crippen LogP contribution < -0.4 is 5.32 Å². The molecule has 134 valence electrons. The van der Waals surface area contributed by atoms with Crippen LogP contribution in [-0.2, 0) is 12.8 Å². The lowest BCUT2D eigenvalue weighted by molar-refractivity contribution is 0.0697. The van der Waals surface area contributed by atoms with Crippen molar-refractivity contribution in [2.75, 3.05) is 5.32 Å². The molecule has 0 aliphatic rings. The summed E-state index contributed by atoms with van der Waals surface area (Å²) in [7, 11) is 0. The van der Waals surface area contributed by atoms with Gasteiger partial charge in [-0.25, -0.2) is 14.8 Å². The number of anilines is 2. The number of hydrogen-bond acceptors (Lipinski definition) is 5. The highest BCUT2D eigenvalue weighted by molar-refractivity contribution is 7.08. The Morgan fingerprint density at radius 3 is 2.50 bits per heavy atom. The van der Waals surface area contributed by atoms with E-state index >= 15 is 0 Å². The summed E-state index contributed by atoms with van der Waals surface area (Å²) in [6, 6.07) is 8.72. The highest BCUT2D eigenvalue weighted by Crippen LogP contribution is 2.28. The van der Waals surface area contributed by atoms with Crippen LogP contribution in [0.15, 0.2) is 41.1 Å². The van der Waals surface area contributed by atoms with Crippen molar-refractivity contribution < 1.29 is 9.90 Å². The van der Waals surface area contributed by atoms with E-state index in [4.69, 9.17) is 15.1 Å². The molecule has 26 heavy (non-hydrogen) atoms. The van der Waals surface area contributed by atoms with E-state index in [1.54, 1.807) is 35.6 Å². The second-order valence-corrected chi connectivity index (χ2v) is 6.72. The quantitative estimate of drug-likeness (QED) is 0.603. The van der Waals surface area contributed by atoms with Crippen LogP contribution in [0.4, 0.5) is 11.5 Å². The molecule has 0 spiro atoms. The molecule has 0 aliphatic carbocycles. The normalized spacial score (nSPS) is 10.7. The number of carbonyl (C=O) groups is 1. The van der Waals surface area contributed by atoms with Gasteiger partial charge in [0.2, 0.25) is 0 Å². The molecule has 0 bridgehead atoms. The Morgan fingerprint density at radius 1 is 1.15 bits per heavy atom. The van der Waals surface area contributed by atoms with Crippen molar-refractivity contribution in [2.24, 2.45) is 0 Å². The largest absolute Gasteiger partial charge is 0.478 e. The molecule has 0 atom stereocenters. The van der Waals surface area contributed by atoms with Gasteiger partial charge in [0.05, 0.1) is 5.56 Å². The zero-order valence-electron chi connectivity index (χ0n) is 14.8. The van der Waals surface area contributed by atoms with E-state index < -0.39 is 5.97 Å². The highest BCUT2D eigenvalue weighted by atomic mass is 32.1. The number of carboxylic acids is 1. The number of hydrogen-bond donors (Lipinski definition) is 2. The minimum atomic E-state index is -0.932. The highest BCUT2D eigenvalue weighted by Gasteiger charge is 2.15. The minimum absolute atomic E-state index is 0.264. The van der Waals surface area contributed by atoms with E-state index in [0.717, 1.165) is 47.6 Å². The molecule has 0 unspecified atom stereocenters. The first kappa shape index (κ1) is 18.1. The molecule has 0 saturated heterocycles. The predicted molar refractivity (Wildman–Crippen MR) is 105 cm³/mol. The van der Waals surface area contributed by atoms with Crippen molar-refractivity contribution in [3.8, 4) is 11.4 Å². The van der Waals surface area contributed by atoms with Gasteiger partial charge in [-0.1, -0.05) is 20.3 Å². The lowest BCUT2D eigenvalue weighted by Gasteiger charge is -2.15. The maximum absolute atomic E-state index is 11.0. The molecule has 0 saturated carbocycles. The summed E-state index contributed by atoms with van der Waals surface area (Å²) in [6.07, 6.45) is 2.73. The van der Waals surface area contributed by atoms with E-state index in [9.17, 15) is 4.79 Å². The van der Waals surface area contributed by atoms with Crippen LogP contribution in [0.25, 0.3) is 11.4 Å². The van der Waals surface area contributed by atoms with E-state index in [0.29, 0.717) is 5.82 Å². The first-order valence-corrected chi connectivity index (χ1v) is 9.59. The summed E-state index contributed by atoms with van der Waals surface area (Å²) in [5, 5.41) is 16.5. The summed E-state index contributed by atoms with van der Waals surface area (Å²) >= 11 is 1.62. The third-order valence-electron chi connectivity index (χ3n) is 4.10. The third-order valence-corrected chi connectivity index (χ3v) is 4.78. The molecule has 3 aromatic rings. The Labute approximate surface area is 156 Å². The van der Waals surface area contributed by atoms with Gasteiger partial charge < -0.3 is 10.4 Å². The molecule has 2 heterocycles. The van der Waals surface area contributed by atoms with Crippen LogP contribution in [0.5, 0.6) is 0 Å². The van der Waals surface area contributed by atoms with Crippen molar-refractivity contribution in [3.63, 3.8) is 0 Å². The molecule has 0 fully saturated rings. The van der Waals surface area contributed by atoms with Crippen LogP contribution in [0.2, 0.25) is 0 Å². The molecule has 0 amide bonds. The summed E-state index contributed by atoms with van der Waals surface area (Å²) in [5.41, 5.74) is 4.26. The number of benzene rings is 1. The van der Waals surface area contributed by atoms with E-state index in [1.807, 2.05) is 16.8 Å². The standard InChI is InChI=1S/C20H21N3O2S/c1-3-5-16-17(4-2)22-18(14-10-11-26-12-14)23-19(16)21-15-8-6-13(7-9-15)20(24)25/h6-12H,3-5H2,1-2H3,(H,24,25)(H,21,22,23). The molecule has 5 nitrogen and oxygen atoms in total. The maximum Gasteiger partial charge on any atom is 0.335 e. The number of aromatic carboxylic acids is 1. The number of aromatic nitrogens is 2. The number of carboxylic acid groups (broad SMARTS) is 1. The number of nitrogens with zero attached hydrogens (tertiary/aromatic N) is 2. The topological polar surface area (TPSA) is 75.1 Å². The van der Waals surface area contributed by atoms with Crippen molar-refractivity contribution in [1.29, 1.82) is 0 Å². The number of thiophene rings is 1. The van der Waals surface area contributed by atoms with Gasteiger partial charge >= 0.3 is 5.97 Å². The maximum atomic E-state index is 11.0. The van der Waals surface area contributed by atoms with Gasteiger partial charge in [0.25, 0.3) is 0 Å². The molecular weight excluding hydrogens is 346 g/mol. The SMILES string of the molecule is CCCc1c(CC)nc(-c2ccsc2)nc1Nc1ccc(C(=O)O)cc1. The van der Waals surface area contributed by atoms with Crippen molar-refractivity contribution in [3.05, 3.63) is 57.9 Å². The van der Waals surface area contributed by atoms with Gasteiger partial charge in [-0.3, -0.25) is 0 Å². The van der Waals surface area contributed by atoms with Gasteiger partial charge in [0.15, 0.2) is 5.82 Å². The zero-order valence-corrected chi connectivity index (χ0v) is 15.6. The minimum Gasteiger partial charge on any atom is -0.478 e. The molecule has 0 aliphatic heterocycles. The summed E-state index contributed by atoms with van der Waals surface area (Å²) in [5.74, 6) is 0.578. The lowest BCUT2D eigenvalue weighted by Crippen LogP contribution is -2.07. The molecular formula is C20H21N3O2S. The molecule has 6 heteroatoms. The van der Waals surface area contributed by atoms with E-state index in [-0.39, 0.29) is 5.56 Å². The van der Waals surface area contributed by atoms with Crippen molar-refractivity contribution in [1.82, 2.24) is 9.97 Å². The second-order valence-electron chi connectivity index (χ2n) is 5.94. The number of nitrogens with one attached hydrogen (secondary N) is 1. The van der Waals surface area contributed by atoms with Gasteiger partial charge in [-0.15, -0.1) is 0 Å². The van der Waals surface area contributed by atoms with Gasteiger partial charge in [0, 0.05) is 27.9 Å². The Hall–Kier alpha value is -2.73. The fourth-order valence-corrected chi connectivity index (χ4v) is 3.43. The zero-order chi connectivity index (χ0) is 18.5. The monoisotopic (exact) mass is 367 g/mol. The van der Waals surface area contributed by atoms with Crippen LogP contribution in [0.1, 0.15) is 41.9 Å². The summed E-state index contributed by atoms with van der Waals surface area (Å²) < 4.78 is 0. The molecule has 2 N–H and O–H groups in total. The summed E-state index contributed by atoms with van der Waals surface area (Å²) in [4.78, 5) is 20.6. The predicted octanol–water partition coefficient (Wildman–Crippen LogP) is 5.16. The molecule has 1 aromatic carbocycles. The fraction of sp³-hybridized carbons (Fsp3) is 0.250. The third kappa shape index (κ3) is 3.91. The molecule has 0 radical (unpaired) electrons. The van der Waals surface area contributed by atoms with E-state index in [1.165, 1.54) is 0 Å². The van der Waals surface area contributed by atoms with Crippen molar-refractivity contribution >= 4 is 28.8 Å². The average Bonchev–Trinajstić information content (AvgIpc) is 3.18. The Bertz CT molecular complexity index is 890. The average molecular weight is 367 g/mol. The Balaban J connectivity index is 2.02. The van der Waals surface area contributed by atoms with Crippen LogP contribution in [-0.4, -0.2) is 21.0 Å². The van der Waals surface area contributed by atoms with Crippen LogP contribution >= 0.6 is 11.3 Å². The Morgan fingerprint density at radius 2 is 1.92 bits per heavy atom. The Kier molecular flexibility index (Phi) is 5.63.